The fraction of sp³-hybridized carbons (Fsp3) is 0.0526. The molecule has 0 radical (unpaired) electrons. The Bertz CT molecular complexity index is 1060. The molecule has 4 aromatic rings. The van der Waals surface area contributed by atoms with E-state index in [0.29, 0.717) is 11.4 Å². The number of hydrogen-bond donors (Lipinski definition) is 1. The Labute approximate surface area is 133 Å². The highest BCUT2D eigenvalue weighted by atomic mass is 14.9. The van der Waals surface area contributed by atoms with E-state index in [2.05, 4.69) is 32.7 Å². The number of aromatic amines is 1. The van der Waals surface area contributed by atoms with Gasteiger partial charge in [0.1, 0.15) is 11.9 Å². The van der Waals surface area contributed by atoms with Crippen LogP contribution in [0, 0.1) is 11.3 Å². The van der Waals surface area contributed by atoms with E-state index in [0.717, 1.165) is 27.5 Å². The lowest BCUT2D eigenvalue weighted by molar-refractivity contribution is 0.968. The maximum Gasteiger partial charge on any atom is 0.149 e. The number of rotatable bonds is 2. The van der Waals surface area contributed by atoms with Gasteiger partial charge in [0, 0.05) is 29.7 Å². The van der Waals surface area contributed by atoms with Crippen LogP contribution in [0.15, 0.2) is 54.7 Å². The molecule has 0 unspecified atom stereocenters. The number of aromatic nitrogens is 3. The van der Waals surface area contributed by atoms with Crippen LogP contribution >= 0.6 is 0 Å². The van der Waals surface area contributed by atoms with E-state index in [1.807, 2.05) is 55.7 Å². The molecule has 0 saturated heterocycles. The van der Waals surface area contributed by atoms with Crippen LogP contribution in [0.5, 0.6) is 0 Å². The van der Waals surface area contributed by atoms with Gasteiger partial charge in [0.15, 0.2) is 0 Å². The van der Waals surface area contributed by atoms with Crippen LogP contribution in [0.4, 0.5) is 0 Å². The molecule has 0 atom stereocenters. The van der Waals surface area contributed by atoms with E-state index >= 15 is 0 Å². The molecule has 0 aliphatic carbocycles. The van der Waals surface area contributed by atoms with Crippen LogP contribution < -0.4 is 0 Å². The third kappa shape index (κ3) is 2.19. The topological polar surface area (TPSA) is 57.4 Å². The summed E-state index contributed by atoms with van der Waals surface area (Å²) in [5.74, 6) is 0.599. The summed E-state index contributed by atoms with van der Waals surface area (Å²) in [4.78, 5) is 7.73. The molecule has 0 amide bonds. The Morgan fingerprint density at radius 1 is 1.17 bits per heavy atom. The molecule has 0 spiro atoms. The monoisotopic (exact) mass is 298 g/mol. The van der Waals surface area contributed by atoms with E-state index in [1.54, 1.807) is 0 Å². The molecular weight excluding hydrogens is 284 g/mol. The van der Waals surface area contributed by atoms with E-state index < -0.39 is 0 Å². The zero-order valence-electron chi connectivity index (χ0n) is 12.6. The molecule has 2 aromatic carbocycles. The summed E-state index contributed by atoms with van der Waals surface area (Å²) >= 11 is 0. The van der Waals surface area contributed by atoms with Crippen LogP contribution in [0.3, 0.4) is 0 Å². The second-order valence-corrected chi connectivity index (χ2v) is 5.48. The minimum Gasteiger partial charge on any atom is -0.350 e. The van der Waals surface area contributed by atoms with Crippen molar-refractivity contribution in [1.29, 1.82) is 5.26 Å². The van der Waals surface area contributed by atoms with Gasteiger partial charge in [0.2, 0.25) is 0 Å². The van der Waals surface area contributed by atoms with Gasteiger partial charge >= 0.3 is 0 Å². The standard InChI is InChI=1S/C19H14N4/c1-23-12-14(15-6-2-5-9-18(15)23)10-13(11-20)19-21-16-7-3-4-8-17(16)22-19/h2-10,12H,1H3,(H,21,22). The highest BCUT2D eigenvalue weighted by molar-refractivity contribution is 5.97. The summed E-state index contributed by atoms with van der Waals surface area (Å²) in [6.45, 7) is 0. The fourth-order valence-corrected chi connectivity index (χ4v) is 2.88. The van der Waals surface area contributed by atoms with Crippen molar-refractivity contribution in [2.45, 2.75) is 0 Å². The highest BCUT2D eigenvalue weighted by Crippen LogP contribution is 2.25. The molecule has 1 N–H and O–H groups in total. The summed E-state index contributed by atoms with van der Waals surface area (Å²) in [6, 6.07) is 18.2. The van der Waals surface area contributed by atoms with Crippen molar-refractivity contribution in [3.63, 3.8) is 0 Å². The predicted octanol–water partition coefficient (Wildman–Crippen LogP) is 4.12. The predicted molar refractivity (Wildman–Crippen MR) is 92.5 cm³/mol. The summed E-state index contributed by atoms with van der Waals surface area (Å²) in [6.07, 6.45) is 3.92. The molecule has 23 heavy (non-hydrogen) atoms. The van der Waals surface area contributed by atoms with Crippen molar-refractivity contribution < 1.29 is 0 Å². The first-order valence-electron chi connectivity index (χ1n) is 7.37. The lowest BCUT2D eigenvalue weighted by atomic mass is 10.1. The molecule has 0 bridgehead atoms. The van der Waals surface area contributed by atoms with E-state index in [-0.39, 0.29) is 0 Å². The normalized spacial score (nSPS) is 11.9. The molecule has 0 aliphatic rings. The van der Waals surface area contributed by atoms with Crippen LogP contribution in [-0.2, 0) is 7.05 Å². The Kier molecular flexibility index (Phi) is 2.99. The number of imidazole rings is 1. The quantitative estimate of drug-likeness (QED) is 0.566. The van der Waals surface area contributed by atoms with Gasteiger partial charge in [-0.25, -0.2) is 4.98 Å². The first-order chi connectivity index (χ1) is 11.3. The molecule has 4 rings (SSSR count). The number of H-pyrrole nitrogens is 1. The van der Waals surface area contributed by atoms with Crippen molar-refractivity contribution in [3.05, 3.63) is 66.1 Å². The van der Waals surface area contributed by atoms with Gasteiger partial charge in [-0.2, -0.15) is 5.26 Å². The van der Waals surface area contributed by atoms with Gasteiger partial charge in [0.25, 0.3) is 0 Å². The zero-order valence-corrected chi connectivity index (χ0v) is 12.6. The zero-order chi connectivity index (χ0) is 15.8. The number of fused-ring (bicyclic) bond motifs is 2. The average Bonchev–Trinajstić information content (AvgIpc) is 3.14. The van der Waals surface area contributed by atoms with E-state index in [9.17, 15) is 5.26 Å². The maximum absolute atomic E-state index is 9.56. The van der Waals surface area contributed by atoms with Gasteiger partial charge in [-0.05, 0) is 24.3 Å². The van der Waals surface area contributed by atoms with Gasteiger partial charge in [-0.1, -0.05) is 30.3 Å². The number of allylic oxidation sites excluding steroid dienone is 1. The summed E-state index contributed by atoms with van der Waals surface area (Å²) in [5.41, 5.74) is 4.47. The van der Waals surface area contributed by atoms with Crippen LogP contribution in [-0.4, -0.2) is 14.5 Å². The van der Waals surface area contributed by atoms with Gasteiger partial charge in [0.05, 0.1) is 16.6 Å². The van der Waals surface area contributed by atoms with Crippen molar-refractivity contribution in [2.24, 2.45) is 7.05 Å². The van der Waals surface area contributed by atoms with E-state index in [4.69, 9.17) is 0 Å². The number of aryl methyl sites for hydroxylation is 1. The lowest BCUT2D eigenvalue weighted by Crippen LogP contribution is -1.84. The molecule has 4 heteroatoms. The molecule has 4 nitrogen and oxygen atoms in total. The highest BCUT2D eigenvalue weighted by Gasteiger charge is 2.10. The minimum absolute atomic E-state index is 0.526. The molecule has 2 aromatic heterocycles. The second kappa shape index (κ2) is 5.15. The van der Waals surface area contributed by atoms with Crippen LogP contribution in [0.1, 0.15) is 11.4 Å². The molecule has 110 valence electrons. The van der Waals surface area contributed by atoms with Crippen LogP contribution in [0.25, 0.3) is 33.6 Å². The summed E-state index contributed by atoms with van der Waals surface area (Å²) in [7, 11) is 2.01. The van der Waals surface area contributed by atoms with E-state index in [1.165, 1.54) is 0 Å². The number of benzene rings is 2. The fourth-order valence-electron chi connectivity index (χ4n) is 2.88. The lowest BCUT2D eigenvalue weighted by Gasteiger charge is -1.94. The van der Waals surface area contributed by atoms with Crippen molar-refractivity contribution in [3.8, 4) is 6.07 Å². The number of nitriles is 1. The Morgan fingerprint density at radius 2 is 1.96 bits per heavy atom. The third-order valence-corrected chi connectivity index (χ3v) is 3.99. The van der Waals surface area contributed by atoms with Crippen molar-refractivity contribution in [1.82, 2.24) is 14.5 Å². The first kappa shape index (κ1) is 13.4. The van der Waals surface area contributed by atoms with Crippen LogP contribution in [0.2, 0.25) is 0 Å². The molecule has 0 aliphatic heterocycles. The Hall–Kier alpha value is -3.32. The maximum atomic E-state index is 9.56. The van der Waals surface area contributed by atoms with Gasteiger partial charge < -0.3 is 9.55 Å². The molecule has 2 heterocycles. The minimum atomic E-state index is 0.526. The van der Waals surface area contributed by atoms with Crippen molar-refractivity contribution in [2.75, 3.05) is 0 Å². The van der Waals surface area contributed by atoms with Crippen molar-refractivity contribution >= 4 is 33.6 Å². The summed E-state index contributed by atoms with van der Waals surface area (Å²) in [5, 5.41) is 10.7. The number of hydrogen-bond acceptors (Lipinski definition) is 2. The Balaban J connectivity index is 1.88. The smallest absolute Gasteiger partial charge is 0.149 e. The largest absolute Gasteiger partial charge is 0.350 e. The Morgan fingerprint density at radius 3 is 2.78 bits per heavy atom. The first-order valence-corrected chi connectivity index (χ1v) is 7.37. The number of nitrogens with one attached hydrogen (secondary N) is 1. The number of para-hydroxylation sites is 3. The summed E-state index contributed by atoms with van der Waals surface area (Å²) < 4.78 is 2.06. The average molecular weight is 298 g/mol. The van der Waals surface area contributed by atoms with Gasteiger partial charge in [-0.15, -0.1) is 0 Å². The second-order valence-electron chi connectivity index (χ2n) is 5.48. The third-order valence-electron chi connectivity index (χ3n) is 3.99. The molecule has 0 saturated carbocycles. The molecule has 0 fully saturated rings. The molecular formula is C19H14N4. The van der Waals surface area contributed by atoms with Gasteiger partial charge in [-0.3, -0.25) is 0 Å². The SMILES string of the molecule is Cn1cc(C=C(C#N)c2nc3ccccc3[nH]2)c2ccccc21. The number of nitrogens with zero attached hydrogens (tertiary/aromatic N) is 3.